The summed E-state index contributed by atoms with van der Waals surface area (Å²) >= 11 is 0. The lowest BCUT2D eigenvalue weighted by atomic mass is 9.32. The standard InChI is InChI=1S/C65H77BN2O/c1-38-31-53-56-54(32-38)68(51-37-49-48(62(8,9)27-28-63(49,10)11)34-45(51)41-19-17-16-18-20-41)59-57(55-58(69-59)65(14,15)30-29-64(55,12)13)66(56)50-35-43-39(2)21-22-40(3)44(43)36-52(50)67(53)42-23-24-46-47(33-42)61(6,7)26-25-60(46,4)5/h16-20,23-24,31-37,39-40H,21-22,25-30H2,1-15H3. The Kier molecular flexibility index (Phi) is 9.55. The second-order valence-corrected chi connectivity index (χ2v) is 27.1. The third-order valence-corrected chi connectivity index (χ3v) is 19.4. The lowest BCUT2D eigenvalue weighted by molar-refractivity contribution is 0.280. The molecule has 1 aromatic heterocycles. The van der Waals surface area contributed by atoms with Crippen molar-refractivity contribution < 1.29 is 4.42 Å². The van der Waals surface area contributed by atoms with Crippen LogP contribution in [0.4, 0.5) is 34.3 Å². The highest BCUT2D eigenvalue weighted by Crippen LogP contribution is 2.57. The molecule has 0 spiro atoms. The van der Waals surface area contributed by atoms with Gasteiger partial charge in [0.2, 0.25) is 0 Å². The lowest BCUT2D eigenvalue weighted by Crippen LogP contribution is -2.63. The van der Waals surface area contributed by atoms with E-state index in [2.05, 4.69) is 199 Å². The Labute approximate surface area is 415 Å². The van der Waals surface area contributed by atoms with Crippen LogP contribution in [0.5, 0.6) is 0 Å². The van der Waals surface area contributed by atoms with Gasteiger partial charge in [0.25, 0.3) is 6.71 Å². The van der Waals surface area contributed by atoms with E-state index in [1.54, 1.807) is 5.56 Å². The molecule has 4 heteroatoms. The molecule has 0 amide bonds. The number of furan rings is 1. The maximum Gasteiger partial charge on any atom is 0.256 e. The van der Waals surface area contributed by atoms with Gasteiger partial charge in [0.1, 0.15) is 5.76 Å². The smallest absolute Gasteiger partial charge is 0.256 e. The van der Waals surface area contributed by atoms with E-state index >= 15 is 0 Å². The molecule has 2 aliphatic heterocycles. The Bertz CT molecular complexity index is 3140. The number of fused-ring (bicyclic) bond motifs is 9. The molecule has 2 unspecified atom stereocenters. The van der Waals surface area contributed by atoms with Crippen LogP contribution in [0, 0.1) is 6.92 Å². The molecule has 0 saturated heterocycles. The minimum absolute atomic E-state index is 0.00434. The van der Waals surface area contributed by atoms with Crippen LogP contribution in [0.2, 0.25) is 0 Å². The van der Waals surface area contributed by atoms with Gasteiger partial charge >= 0.3 is 0 Å². The predicted octanol–water partition coefficient (Wildman–Crippen LogP) is 16.4. The number of aryl methyl sites for hydroxylation is 1. The highest BCUT2D eigenvalue weighted by atomic mass is 16.4. The van der Waals surface area contributed by atoms with Crippen molar-refractivity contribution in [3.05, 3.63) is 135 Å². The van der Waals surface area contributed by atoms with Crippen LogP contribution in [-0.2, 0) is 32.5 Å². The van der Waals surface area contributed by atoms with E-state index < -0.39 is 0 Å². The Morgan fingerprint density at radius 2 is 1.03 bits per heavy atom. The van der Waals surface area contributed by atoms with Gasteiger partial charge in [0, 0.05) is 33.7 Å². The van der Waals surface area contributed by atoms with Gasteiger partial charge in [0.15, 0.2) is 5.88 Å². The predicted molar refractivity (Wildman–Crippen MR) is 295 cm³/mol. The molecular weight excluding hydrogens is 836 g/mol. The molecule has 0 radical (unpaired) electrons. The first kappa shape index (κ1) is 45.2. The third-order valence-electron chi connectivity index (χ3n) is 19.4. The number of hydrogen-bond donors (Lipinski definition) is 0. The van der Waals surface area contributed by atoms with Crippen molar-refractivity contribution in [3.8, 4) is 11.1 Å². The van der Waals surface area contributed by atoms with Crippen LogP contribution in [0.3, 0.4) is 0 Å². The third kappa shape index (κ3) is 6.50. The number of hydrogen-bond acceptors (Lipinski definition) is 3. The molecular formula is C65H77BN2O. The van der Waals surface area contributed by atoms with Gasteiger partial charge in [-0.25, -0.2) is 0 Å². The van der Waals surface area contributed by atoms with E-state index in [4.69, 9.17) is 4.42 Å². The molecule has 0 N–H and O–H groups in total. The molecule has 3 heterocycles. The van der Waals surface area contributed by atoms with Crippen molar-refractivity contribution in [1.82, 2.24) is 0 Å². The lowest BCUT2D eigenvalue weighted by Gasteiger charge is -2.47. The Hall–Kier alpha value is -4.96. The highest BCUT2D eigenvalue weighted by Gasteiger charge is 2.54. The van der Waals surface area contributed by atoms with Crippen LogP contribution >= 0.6 is 0 Å². The summed E-state index contributed by atoms with van der Waals surface area (Å²) in [5.41, 5.74) is 25.0. The van der Waals surface area contributed by atoms with Crippen LogP contribution in [-0.4, -0.2) is 6.71 Å². The van der Waals surface area contributed by atoms with E-state index in [0.717, 1.165) is 25.1 Å². The molecule has 0 bridgehead atoms. The van der Waals surface area contributed by atoms with E-state index in [1.165, 1.54) is 133 Å². The monoisotopic (exact) mass is 913 g/mol. The largest absolute Gasteiger partial charge is 0.444 e. The molecule has 12 rings (SSSR count). The van der Waals surface area contributed by atoms with Crippen molar-refractivity contribution in [1.29, 1.82) is 0 Å². The quantitative estimate of drug-likeness (QED) is 0.165. The fraction of sp³-hybridized carbons (Fsp3) is 0.477. The number of benzene rings is 5. The Balaban J connectivity index is 1.24. The fourth-order valence-corrected chi connectivity index (χ4v) is 14.6. The van der Waals surface area contributed by atoms with Crippen molar-refractivity contribution in [2.24, 2.45) is 0 Å². The van der Waals surface area contributed by atoms with Crippen LogP contribution < -0.4 is 26.2 Å². The summed E-state index contributed by atoms with van der Waals surface area (Å²) in [6.45, 7) is 37.0. The molecule has 4 aliphatic carbocycles. The van der Waals surface area contributed by atoms with Gasteiger partial charge in [-0.05, 0) is 206 Å². The molecule has 2 atom stereocenters. The fourth-order valence-electron chi connectivity index (χ4n) is 14.6. The van der Waals surface area contributed by atoms with Crippen LogP contribution in [0.15, 0.2) is 89.3 Å². The summed E-state index contributed by atoms with van der Waals surface area (Å²) in [6, 6.07) is 34.5. The number of rotatable bonds is 3. The topological polar surface area (TPSA) is 19.6 Å². The van der Waals surface area contributed by atoms with E-state index in [0.29, 0.717) is 11.8 Å². The minimum Gasteiger partial charge on any atom is -0.444 e. The minimum atomic E-state index is -0.115. The zero-order valence-electron chi connectivity index (χ0n) is 44.8. The average Bonchev–Trinajstić information content (AvgIpc) is 3.72. The second-order valence-electron chi connectivity index (χ2n) is 27.1. The van der Waals surface area contributed by atoms with Gasteiger partial charge in [0.05, 0.1) is 5.69 Å². The maximum atomic E-state index is 7.86. The summed E-state index contributed by atoms with van der Waals surface area (Å²) < 4.78 is 7.86. The van der Waals surface area contributed by atoms with Gasteiger partial charge in [-0.2, -0.15) is 0 Å². The van der Waals surface area contributed by atoms with Gasteiger partial charge in [-0.15, -0.1) is 0 Å². The normalized spacial score (nSPS) is 23.4. The number of nitrogens with zero attached hydrogens (tertiary/aromatic N) is 2. The molecule has 6 aliphatic rings. The second kappa shape index (κ2) is 14.6. The molecule has 0 fully saturated rings. The first-order chi connectivity index (χ1) is 32.4. The zero-order chi connectivity index (χ0) is 48.7. The van der Waals surface area contributed by atoms with Gasteiger partial charge < -0.3 is 9.32 Å². The summed E-state index contributed by atoms with van der Waals surface area (Å²) in [7, 11) is 0. The SMILES string of the molecule is Cc1cc2c3c(c1)N(c1cc4c(cc1-c1ccccc1)C(C)(C)CCC4(C)C)c1oc4c(c1B3c1cc3c(cc1N2c1ccc2c(c1)C(C)(C)CCC2(C)C)C(C)CCC3C)C(C)(C)CCC4(C)C. The van der Waals surface area contributed by atoms with Crippen molar-refractivity contribution in [2.75, 3.05) is 9.80 Å². The molecule has 69 heavy (non-hydrogen) atoms. The van der Waals surface area contributed by atoms with E-state index in [9.17, 15) is 0 Å². The zero-order valence-corrected chi connectivity index (χ0v) is 44.8. The first-order valence-corrected chi connectivity index (χ1v) is 26.9. The van der Waals surface area contributed by atoms with E-state index in [1.807, 2.05) is 0 Å². The molecule has 0 saturated carbocycles. The van der Waals surface area contributed by atoms with Crippen molar-refractivity contribution in [3.63, 3.8) is 0 Å². The van der Waals surface area contributed by atoms with Gasteiger partial charge in [-0.3, -0.25) is 4.90 Å². The number of anilines is 6. The van der Waals surface area contributed by atoms with Gasteiger partial charge in [-0.1, -0.05) is 139 Å². The highest BCUT2D eigenvalue weighted by molar-refractivity contribution is 7.00. The van der Waals surface area contributed by atoms with Crippen LogP contribution in [0.25, 0.3) is 11.1 Å². The summed E-state index contributed by atoms with van der Waals surface area (Å²) in [4.78, 5) is 5.37. The summed E-state index contributed by atoms with van der Waals surface area (Å²) in [5, 5.41) is 0. The maximum absolute atomic E-state index is 7.86. The summed E-state index contributed by atoms with van der Waals surface area (Å²) in [6.07, 6.45) is 9.39. The molecule has 356 valence electrons. The van der Waals surface area contributed by atoms with Crippen molar-refractivity contribution in [2.45, 2.75) is 200 Å². The molecule has 6 aromatic rings. The molecule has 5 aromatic carbocycles. The summed E-state index contributed by atoms with van der Waals surface area (Å²) in [5.74, 6) is 3.22. The average molecular weight is 913 g/mol. The Morgan fingerprint density at radius 3 is 1.67 bits per heavy atom. The molecule has 3 nitrogen and oxygen atoms in total. The van der Waals surface area contributed by atoms with Crippen molar-refractivity contribution >= 4 is 57.4 Å². The first-order valence-electron chi connectivity index (χ1n) is 26.9. The van der Waals surface area contributed by atoms with E-state index in [-0.39, 0.29) is 39.2 Å². The Morgan fingerprint density at radius 1 is 0.493 bits per heavy atom. The van der Waals surface area contributed by atoms with Crippen LogP contribution in [0.1, 0.15) is 210 Å².